The second-order valence-electron chi connectivity index (χ2n) is 13.1. The van der Waals surface area contributed by atoms with Crippen LogP contribution in [0.1, 0.15) is 64.1 Å². The molecule has 0 radical (unpaired) electrons. The fraction of sp³-hybridized carbons (Fsp3) is 0.324. The number of H-pyrrole nitrogens is 2. The predicted octanol–water partition coefficient (Wildman–Crippen LogP) is 8.20. The fourth-order valence-electron chi connectivity index (χ4n) is 6.18. The van der Waals surface area contributed by atoms with Gasteiger partial charge in [0.1, 0.15) is 17.2 Å². The van der Waals surface area contributed by atoms with Crippen LogP contribution in [0.2, 0.25) is 0 Å². The van der Waals surface area contributed by atoms with Crippen molar-refractivity contribution in [2.75, 3.05) is 13.1 Å². The van der Waals surface area contributed by atoms with Gasteiger partial charge in [0.25, 0.3) is 0 Å². The number of aryl methyl sites for hydroxylation is 1. The van der Waals surface area contributed by atoms with Crippen LogP contribution in [-0.4, -0.2) is 44.7 Å². The summed E-state index contributed by atoms with van der Waals surface area (Å²) in [4.78, 5) is 28.5. The van der Waals surface area contributed by atoms with Crippen LogP contribution in [0.5, 0.6) is 0 Å². The molecule has 1 atom stereocenters. The molecule has 4 aromatic carbocycles. The number of hydrogen-bond acceptors (Lipinski definition) is 5. The van der Waals surface area contributed by atoms with E-state index in [0.29, 0.717) is 12.6 Å². The van der Waals surface area contributed by atoms with E-state index in [1.807, 2.05) is 20.8 Å². The molecular formula is C37H40N6O2. The van der Waals surface area contributed by atoms with Gasteiger partial charge >= 0.3 is 6.09 Å². The lowest BCUT2D eigenvalue weighted by atomic mass is 9.97. The molecule has 1 saturated heterocycles. The van der Waals surface area contributed by atoms with Gasteiger partial charge in [0.05, 0.1) is 28.1 Å². The molecule has 1 aliphatic heterocycles. The summed E-state index contributed by atoms with van der Waals surface area (Å²) in [5, 5.41) is 8.77. The molecule has 0 bridgehead atoms. The number of nitrogens with zero attached hydrogens (tertiary/aromatic N) is 2. The molecule has 0 unspecified atom stereocenters. The molecule has 2 aromatic heterocycles. The average molecular weight is 601 g/mol. The molecular weight excluding hydrogens is 560 g/mol. The van der Waals surface area contributed by atoms with Crippen LogP contribution < -0.4 is 10.6 Å². The zero-order valence-corrected chi connectivity index (χ0v) is 26.2. The first kappa shape index (κ1) is 29.0. The number of benzene rings is 4. The van der Waals surface area contributed by atoms with Crippen molar-refractivity contribution in [3.8, 4) is 22.3 Å². The van der Waals surface area contributed by atoms with Crippen LogP contribution in [0.15, 0.2) is 72.8 Å². The van der Waals surface area contributed by atoms with Crippen molar-refractivity contribution < 1.29 is 9.53 Å². The number of unbranched alkanes of at least 4 members (excludes halogenated alkanes) is 1. The fourth-order valence-corrected chi connectivity index (χ4v) is 6.18. The molecule has 1 aliphatic rings. The summed E-state index contributed by atoms with van der Waals surface area (Å²) in [6.07, 6.45) is 4.56. The van der Waals surface area contributed by atoms with Crippen molar-refractivity contribution in [2.24, 2.45) is 0 Å². The van der Waals surface area contributed by atoms with E-state index in [1.54, 1.807) is 0 Å². The highest BCUT2D eigenvalue weighted by atomic mass is 16.6. The van der Waals surface area contributed by atoms with E-state index in [1.165, 1.54) is 33.9 Å². The van der Waals surface area contributed by atoms with Crippen molar-refractivity contribution >= 4 is 38.9 Å². The van der Waals surface area contributed by atoms with E-state index in [-0.39, 0.29) is 6.09 Å². The van der Waals surface area contributed by atoms with Gasteiger partial charge in [-0.2, -0.15) is 0 Å². The minimum Gasteiger partial charge on any atom is -0.444 e. The normalized spacial score (nSPS) is 15.3. The van der Waals surface area contributed by atoms with Crippen molar-refractivity contribution in [2.45, 2.75) is 64.5 Å². The van der Waals surface area contributed by atoms with E-state index in [0.717, 1.165) is 71.5 Å². The Labute approximate surface area is 263 Å². The van der Waals surface area contributed by atoms with E-state index in [4.69, 9.17) is 14.7 Å². The summed E-state index contributed by atoms with van der Waals surface area (Å²) in [7, 11) is 0. The highest BCUT2D eigenvalue weighted by Gasteiger charge is 2.20. The third-order valence-electron chi connectivity index (χ3n) is 8.44. The number of fused-ring (bicyclic) bond motifs is 3. The standard InChI is InChI=1S/C37H40N6O2/c1-37(2,3)45-36(44)39-17-5-4-8-34-40-29-15-13-27(21-32(29)41-34)25-11-9-24-20-26(12-10-23(24)19-25)28-14-16-30-33(22-28)43-35(42-30)31-7-6-18-38-31/h9-16,19-22,31,38H,4-8,17-18H2,1-3H3,(H,39,44)(H,40,41)(H,42,43)/t31-/m0/s1. The first-order valence-corrected chi connectivity index (χ1v) is 16.0. The third kappa shape index (κ3) is 6.56. The molecule has 8 heteroatoms. The third-order valence-corrected chi connectivity index (χ3v) is 8.44. The van der Waals surface area contributed by atoms with Gasteiger partial charge in [0.15, 0.2) is 0 Å². The molecule has 230 valence electrons. The van der Waals surface area contributed by atoms with Gasteiger partial charge in [-0.3, -0.25) is 0 Å². The molecule has 4 N–H and O–H groups in total. The number of amides is 1. The maximum atomic E-state index is 11.8. The van der Waals surface area contributed by atoms with Crippen LogP contribution in [-0.2, 0) is 11.2 Å². The van der Waals surface area contributed by atoms with Gasteiger partial charge in [-0.05, 0) is 122 Å². The van der Waals surface area contributed by atoms with E-state index in [2.05, 4.69) is 93.4 Å². The lowest BCUT2D eigenvalue weighted by molar-refractivity contribution is 0.0527. The molecule has 1 amide bonds. The Morgan fingerprint density at radius 2 is 1.44 bits per heavy atom. The molecule has 45 heavy (non-hydrogen) atoms. The number of imidazole rings is 2. The molecule has 6 aromatic rings. The van der Waals surface area contributed by atoms with Gasteiger partial charge < -0.3 is 25.3 Å². The lowest BCUT2D eigenvalue weighted by Crippen LogP contribution is -2.33. The molecule has 0 spiro atoms. The predicted molar refractivity (Wildman–Crippen MR) is 181 cm³/mol. The number of ether oxygens (including phenoxy) is 1. The van der Waals surface area contributed by atoms with Gasteiger partial charge in [0.2, 0.25) is 0 Å². The number of carbonyl (C=O) groups excluding carboxylic acids is 1. The van der Waals surface area contributed by atoms with Crippen LogP contribution in [0, 0.1) is 0 Å². The van der Waals surface area contributed by atoms with Crippen LogP contribution in [0.3, 0.4) is 0 Å². The Kier molecular flexibility index (Phi) is 7.75. The van der Waals surface area contributed by atoms with Crippen LogP contribution in [0.25, 0.3) is 55.1 Å². The van der Waals surface area contributed by atoms with E-state index < -0.39 is 5.60 Å². The summed E-state index contributed by atoms with van der Waals surface area (Å²) in [6.45, 7) is 7.24. The number of aromatic nitrogens is 4. The minimum atomic E-state index is -0.484. The van der Waals surface area contributed by atoms with Crippen LogP contribution in [0.4, 0.5) is 4.79 Å². The van der Waals surface area contributed by atoms with Crippen molar-refractivity contribution in [3.05, 3.63) is 84.4 Å². The Morgan fingerprint density at radius 1 is 0.822 bits per heavy atom. The number of carbonyl (C=O) groups is 1. The van der Waals surface area contributed by atoms with Gasteiger partial charge in [0, 0.05) is 13.0 Å². The number of nitrogens with one attached hydrogen (secondary N) is 4. The van der Waals surface area contributed by atoms with E-state index >= 15 is 0 Å². The summed E-state index contributed by atoms with van der Waals surface area (Å²) in [5.41, 5.74) is 8.32. The van der Waals surface area contributed by atoms with Crippen molar-refractivity contribution in [1.29, 1.82) is 0 Å². The molecule has 0 aliphatic carbocycles. The highest BCUT2D eigenvalue weighted by Crippen LogP contribution is 2.31. The van der Waals surface area contributed by atoms with Crippen molar-refractivity contribution in [3.63, 3.8) is 0 Å². The second kappa shape index (κ2) is 12.0. The van der Waals surface area contributed by atoms with Crippen LogP contribution >= 0.6 is 0 Å². The molecule has 1 fully saturated rings. The number of aromatic amines is 2. The quantitative estimate of drug-likeness (QED) is 0.132. The summed E-state index contributed by atoms with van der Waals surface area (Å²) in [5.74, 6) is 2.00. The summed E-state index contributed by atoms with van der Waals surface area (Å²) >= 11 is 0. The number of hydrogen-bond donors (Lipinski definition) is 4. The first-order valence-electron chi connectivity index (χ1n) is 16.0. The molecule has 3 heterocycles. The summed E-state index contributed by atoms with van der Waals surface area (Å²) in [6, 6.07) is 26.6. The van der Waals surface area contributed by atoms with Crippen molar-refractivity contribution in [1.82, 2.24) is 30.6 Å². The summed E-state index contributed by atoms with van der Waals surface area (Å²) < 4.78 is 5.29. The maximum Gasteiger partial charge on any atom is 0.407 e. The Morgan fingerprint density at radius 3 is 2.09 bits per heavy atom. The smallest absolute Gasteiger partial charge is 0.407 e. The van der Waals surface area contributed by atoms with Gasteiger partial charge in [-0.25, -0.2) is 14.8 Å². The SMILES string of the molecule is CC(C)(C)OC(=O)NCCCCc1nc2ccc(-c3ccc4cc(-c5ccc6nc([C@@H]7CCCN7)[nH]c6c5)ccc4c3)cc2[nH]1. The maximum absolute atomic E-state index is 11.8. The molecule has 8 nitrogen and oxygen atoms in total. The second-order valence-corrected chi connectivity index (χ2v) is 13.1. The molecule has 0 saturated carbocycles. The largest absolute Gasteiger partial charge is 0.444 e. The monoisotopic (exact) mass is 600 g/mol. The topological polar surface area (TPSA) is 108 Å². The Balaban J connectivity index is 1.02. The van der Waals surface area contributed by atoms with E-state index in [9.17, 15) is 4.79 Å². The minimum absolute atomic E-state index is 0.331. The first-order chi connectivity index (χ1) is 21.8. The van der Waals surface area contributed by atoms with Gasteiger partial charge in [-0.15, -0.1) is 0 Å². The van der Waals surface area contributed by atoms with Gasteiger partial charge in [-0.1, -0.05) is 36.4 Å². The zero-order chi connectivity index (χ0) is 31.0. The number of rotatable bonds is 8. The Hall–Kier alpha value is -4.69. The average Bonchev–Trinajstić information content (AvgIpc) is 3.78. The number of alkyl carbamates (subject to hydrolysis) is 1. The Bertz CT molecular complexity index is 1990. The zero-order valence-electron chi connectivity index (χ0n) is 26.2. The molecule has 7 rings (SSSR count). The lowest BCUT2D eigenvalue weighted by Gasteiger charge is -2.19. The highest BCUT2D eigenvalue weighted by molar-refractivity contribution is 5.93.